The van der Waals surface area contributed by atoms with E-state index in [0.717, 1.165) is 16.5 Å². The molecule has 0 aliphatic carbocycles. The second-order valence-electron chi connectivity index (χ2n) is 4.92. The Morgan fingerprint density at radius 3 is 3.00 bits per heavy atom. The SMILES string of the molecule is COC(=O)CCC1=NNC(=O)/C1=C\c1c[nH]c2ccccc12. The van der Waals surface area contributed by atoms with Crippen LogP contribution in [0.1, 0.15) is 18.4 Å². The van der Waals surface area contributed by atoms with E-state index in [4.69, 9.17) is 0 Å². The molecule has 1 aliphatic rings. The Kier molecular flexibility index (Phi) is 3.74. The number of nitrogens with one attached hydrogen (secondary N) is 2. The third kappa shape index (κ3) is 2.63. The van der Waals surface area contributed by atoms with Gasteiger partial charge in [0.05, 0.1) is 24.8 Å². The predicted molar refractivity (Wildman–Crippen MR) is 83.1 cm³/mol. The molecule has 0 radical (unpaired) electrons. The lowest BCUT2D eigenvalue weighted by atomic mass is 10.0. The zero-order valence-electron chi connectivity index (χ0n) is 12.1. The second kappa shape index (κ2) is 5.85. The molecule has 2 heterocycles. The number of ether oxygens (including phenoxy) is 1. The summed E-state index contributed by atoms with van der Waals surface area (Å²) in [4.78, 5) is 26.3. The maximum Gasteiger partial charge on any atom is 0.305 e. The Labute approximate surface area is 126 Å². The highest BCUT2D eigenvalue weighted by atomic mass is 16.5. The van der Waals surface area contributed by atoms with Crippen LogP contribution in [0.3, 0.4) is 0 Å². The fourth-order valence-corrected chi connectivity index (χ4v) is 2.40. The van der Waals surface area contributed by atoms with Crippen molar-refractivity contribution in [1.82, 2.24) is 10.4 Å². The normalized spacial score (nSPS) is 16.0. The molecule has 3 rings (SSSR count). The maximum absolute atomic E-state index is 11.9. The molecule has 22 heavy (non-hydrogen) atoms. The summed E-state index contributed by atoms with van der Waals surface area (Å²) >= 11 is 0. The lowest BCUT2D eigenvalue weighted by Crippen LogP contribution is -2.13. The number of carbonyl (C=O) groups is 2. The quantitative estimate of drug-likeness (QED) is 0.668. The van der Waals surface area contributed by atoms with Gasteiger partial charge in [-0.2, -0.15) is 5.10 Å². The van der Waals surface area contributed by atoms with Crippen LogP contribution in [0.15, 0.2) is 41.1 Å². The summed E-state index contributed by atoms with van der Waals surface area (Å²) in [6.45, 7) is 0. The number of hydrogen-bond donors (Lipinski definition) is 2. The molecule has 6 heteroatoms. The largest absolute Gasteiger partial charge is 0.469 e. The van der Waals surface area contributed by atoms with E-state index in [-0.39, 0.29) is 18.3 Å². The van der Waals surface area contributed by atoms with Crippen LogP contribution in [0.25, 0.3) is 17.0 Å². The maximum atomic E-state index is 11.9. The monoisotopic (exact) mass is 297 g/mol. The molecule has 1 aromatic heterocycles. The molecule has 2 N–H and O–H groups in total. The number of fused-ring (bicyclic) bond motifs is 1. The van der Waals surface area contributed by atoms with Gasteiger partial charge in [0.25, 0.3) is 5.91 Å². The molecular weight excluding hydrogens is 282 g/mol. The molecule has 0 saturated carbocycles. The number of aromatic amines is 1. The van der Waals surface area contributed by atoms with Gasteiger partial charge in [-0.05, 0) is 12.1 Å². The average Bonchev–Trinajstić information content (AvgIpc) is 3.10. The van der Waals surface area contributed by atoms with Crippen LogP contribution in [0.5, 0.6) is 0 Å². The van der Waals surface area contributed by atoms with Crippen LogP contribution in [0.2, 0.25) is 0 Å². The summed E-state index contributed by atoms with van der Waals surface area (Å²) in [6, 6.07) is 7.84. The number of nitrogens with zero attached hydrogens (tertiary/aromatic N) is 1. The molecule has 6 nitrogen and oxygen atoms in total. The van der Waals surface area contributed by atoms with Gasteiger partial charge in [-0.25, -0.2) is 5.43 Å². The molecule has 1 aliphatic heterocycles. The van der Waals surface area contributed by atoms with E-state index >= 15 is 0 Å². The molecule has 0 atom stereocenters. The number of rotatable bonds is 4. The van der Waals surface area contributed by atoms with Gasteiger partial charge in [0.15, 0.2) is 0 Å². The molecule has 112 valence electrons. The lowest BCUT2D eigenvalue weighted by molar-refractivity contribution is -0.140. The second-order valence-corrected chi connectivity index (χ2v) is 4.92. The summed E-state index contributed by atoms with van der Waals surface area (Å²) < 4.78 is 4.61. The highest BCUT2D eigenvalue weighted by molar-refractivity contribution is 6.28. The lowest BCUT2D eigenvalue weighted by Gasteiger charge is -2.01. The summed E-state index contributed by atoms with van der Waals surface area (Å²) in [5.41, 5.74) is 5.40. The van der Waals surface area contributed by atoms with E-state index in [0.29, 0.717) is 17.7 Å². The third-order valence-corrected chi connectivity index (χ3v) is 3.56. The van der Waals surface area contributed by atoms with Crippen LogP contribution >= 0.6 is 0 Å². The van der Waals surface area contributed by atoms with Crippen LogP contribution in [-0.2, 0) is 14.3 Å². The predicted octanol–water partition coefficient (Wildman–Crippen LogP) is 1.99. The summed E-state index contributed by atoms with van der Waals surface area (Å²) in [5.74, 6) is -0.585. The molecule has 2 aromatic rings. The Morgan fingerprint density at radius 2 is 2.18 bits per heavy atom. The van der Waals surface area contributed by atoms with E-state index < -0.39 is 0 Å². The Balaban J connectivity index is 1.89. The van der Waals surface area contributed by atoms with Crippen molar-refractivity contribution in [3.8, 4) is 0 Å². The van der Waals surface area contributed by atoms with Crippen molar-refractivity contribution < 1.29 is 14.3 Å². The first-order valence-corrected chi connectivity index (χ1v) is 6.91. The van der Waals surface area contributed by atoms with Gasteiger partial charge in [-0.15, -0.1) is 0 Å². The van der Waals surface area contributed by atoms with Crippen molar-refractivity contribution in [3.63, 3.8) is 0 Å². The van der Waals surface area contributed by atoms with Gasteiger partial charge < -0.3 is 9.72 Å². The molecule has 0 unspecified atom stereocenters. The van der Waals surface area contributed by atoms with Gasteiger partial charge in [0.2, 0.25) is 0 Å². The fourth-order valence-electron chi connectivity index (χ4n) is 2.40. The summed E-state index contributed by atoms with van der Waals surface area (Å²) in [5, 5.41) is 5.03. The van der Waals surface area contributed by atoms with Gasteiger partial charge in [0, 0.05) is 29.1 Å². The number of amides is 1. The number of carbonyl (C=O) groups excluding carboxylic acids is 2. The minimum atomic E-state index is -0.325. The number of hydrazone groups is 1. The zero-order valence-corrected chi connectivity index (χ0v) is 12.1. The van der Waals surface area contributed by atoms with Crippen molar-refractivity contribution in [3.05, 3.63) is 41.6 Å². The first-order chi connectivity index (χ1) is 10.7. The van der Waals surface area contributed by atoms with E-state index in [2.05, 4.69) is 20.2 Å². The van der Waals surface area contributed by atoms with E-state index in [1.165, 1.54) is 7.11 Å². The summed E-state index contributed by atoms with van der Waals surface area (Å²) in [7, 11) is 1.34. The van der Waals surface area contributed by atoms with Crippen LogP contribution in [-0.4, -0.2) is 29.7 Å². The molecular formula is C16H15N3O3. The van der Waals surface area contributed by atoms with Crippen molar-refractivity contribution in [2.45, 2.75) is 12.8 Å². The number of H-pyrrole nitrogens is 1. The Hall–Kier alpha value is -2.89. The first kappa shape index (κ1) is 14.1. The molecule has 1 aromatic carbocycles. The standard InChI is InChI=1S/C16H15N3O3/c1-22-15(20)7-6-14-12(16(21)19-18-14)8-10-9-17-13-5-3-2-4-11(10)13/h2-5,8-9,17H,6-7H2,1H3,(H,19,21)/b12-8-. The van der Waals surface area contributed by atoms with Gasteiger partial charge in [-0.3, -0.25) is 9.59 Å². The molecule has 0 fully saturated rings. The fraction of sp³-hybridized carbons (Fsp3) is 0.188. The first-order valence-electron chi connectivity index (χ1n) is 6.91. The van der Waals surface area contributed by atoms with E-state index in [1.807, 2.05) is 30.5 Å². The topological polar surface area (TPSA) is 83.5 Å². The minimum absolute atomic E-state index is 0.190. The third-order valence-electron chi connectivity index (χ3n) is 3.56. The van der Waals surface area contributed by atoms with Crippen molar-refractivity contribution in [1.29, 1.82) is 0 Å². The van der Waals surface area contributed by atoms with Crippen LogP contribution in [0, 0.1) is 0 Å². The molecule has 0 spiro atoms. The van der Waals surface area contributed by atoms with Crippen LogP contribution in [0.4, 0.5) is 0 Å². The van der Waals surface area contributed by atoms with Gasteiger partial charge >= 0.3 is 5.97 Å². The Morgan fingerprint density at radius 1 is 1.36 bits per heavy atom. The zero-order chi connectivity index (χ0) is 15.5. The van der Waals surface area contributed by atoms with Crippen molar-refractivity contribution in [2.75, 3.05) is 7.11 Å². The van der Waals surface area contributed by atoms with Gasteiger partial charge in [0.1, 0.15) is 0 Å². The number of aromatic nitrogens is 1. The highest BCUT2D eigenvalue weighted by Crippen LogP contribution is 2.22. The number of benzene rings is 1. The van der Waals surface area contributed by atoms with Crippen molar-refractivity contribution >= 4 is 34.6 Å². The number of esters is 1. The van der Waals surface area contributed by atoms with Crippen molar-refractivity contribution in [2.24, 2.45) is 5.10 Å². The number of para-hydroxylation sites is 1. The summed E-state index contributed by atoms with van der Waals surface area (Å²) in [6.07, 6.45) is 4.19. The Bertz CT molecular complexity index is 802. The highest BCUT2D eigenvalue weighted by Gasteiger charge is 2.23. The molecule has 0 bridgehead atoms. The molecule has 0 saturated heterocycles. The minimum Gasteiger partial charge on any atom is -0.469 e. The van der Waals surface area contributed by atoms with E-state index in [1.54, 1.807) is 6.08 Å². The number of hydrogen-bond acceptors (Lipinski definition) is 4. The number of methoxy groups -OCH3 is 1. The van der Waals surface area contributed by atoms with Crippen LogP contribution < -0.4 is 5.43 Å². The smallest absolute Gasteiger partial charge is 0.305 e. The molecule has 1 amide bonds. The van der Waals surface area contributed by atoms with Gasteiger partial charge in [-0.1, -0.05) is 18.2 Å². The average molecular weight is 297 g/mol. The van der Waals surface area contributed by atoms with E-state index in [9.17, 15) is 9.59 Å².